The number of anilines is 2. The van der Waals surface area contributed by atoms with Gasteiger partial charge in [0.15, 0.2) is 29.6 Å². The summed E-state index contributed by atoms with van der Waals surface area (Å²) in [5, 5.41) is 12.1. The molecule has 0 atom stereocenters. The van der Waals surface area contributed by atoms with Crippen molar-refractivity contribution in [3.05, 3.63) is 101 Å². The number of hydrogen-bond acceptors (Lipinski definition) is 7. The van der Waals surface area contributed by atoms with E-state index in [1.807, 2.05) is 17.0 Å². The first-order valence-electron chi connectivity index (χ1n) is 13.5. The third-order valence-corrected chi connectivity index (χ3v) is 7.78. The van der Waals surface area contributed by atoms with E-state index >= 15 is 0 Å². The number of carbonyl (C=O) groups is 1. The van der Waals surface area contributed by atoms with E-state index in [0.717, 1.165) is 12.8 Å². The largest absolute Gasteiger partial charge is 0.476 e. The smallest absolute Gasteiger partial charge is 0.255 e. The van der Waals surface area contributed by atoms with Gasteiger partial charge in [-0.05, 0) is 66.8 Å². The van der Waals surface area contributed by atoms with Crippen molar-refractivity contribution >= 4 is 34.7 Å². The maximum Gasteiger partial charge on any atom is 0.255 e. The summed E-state index contributed by atoms with van der Waals surface area (Å²) in [4.78, 5) is 27.9. The van der Waals surface area contributed by atoms with Gasteiger partial charge in [0.1, 0.15) is 6.07 Å². The number of carbonyl (C=O) groups excluding carboxylic acids is 1. The number of likely N-dealkylation sites (tertiary alicyclic amines) is 1. The SMILES string of the molecule is N#CCOc1ccc(-c2cnc3c(Nc4ccc(C(=O)N5CCC(c6ccncc6)CC5)c(Cl)c4)nccn23)c(F)c1F. The Balaban J connectivity index is 1.18. The van der Waals surface area contributed by atoms with Crippen LogP contribution in [0.1, 0.15) is 34.7 Å². The van der Waals surface area contributed by atoms with Gasteiger partial charge in [-0.1, -0.05) is 11.6 Å². The summed E-state index contributed by atoms with van der Waals surface area (Å²) in [5.41, 5.74) is 2.82. The van der Waals surface area contributed by atoms with E-state index in [1.165, 1.54) is 30.1 Å². The van der Waals surface area contributed by atoms with Gasteiger partial charge in [-0.2, -0.15) is 9.65 Å². The summed E-state index contributed by atoms with van der Waals surface area (Å²) < 4.78 is 36.0. The summed E-state index contributed by atoms with van der Waals surface area (Å²) in [7, 11) is 0. The van der Waals surface area contributed by atoms with Crippen LogP contribution in [-0.4, -0.2) is 49.9 Å². The zero-order valence-corrected chi connectivity index (χ0v) is 23.4. The minimum atomic E-state index is -1.20. The van der Waals surface area contributed by atoms with Crippen LogP contribution < -0.4 is 10.1 Å². The number of ether oxygens (including phenoxy) is 1. The number of aromatic nitrogens is 4. The molecular formula is C31H24ClF2N7O2. The summed E-state index contributed by atoms with van der Waals surface area (Å²) >= 11 is 6.57. The highest BCUT2D eigenvalue weighted by Gasteiger charge is 2.26. The molecule has 0 unspecified atom stereocenters. The average Bonchev–Trinajstić information content (AvgIpc) is 3.47. The molecule has 6 rings (SSSR count). The van der Waals surface area contributed by atoms with Gasteiger partial charge in [0.2, 0.25) is 5.82 Å². The number of imidazole rings is 1. The molecule has 12 heteroatoms. The van der Waals surface area contributed by atoms with Gasteiger partial charge in [-0.3, -0.25) is 14.2 Å². The third kappa shape index (κ3) is 5.57. The molecule has 0 saturated carbocycles. The van der Waals surface area contributed by atoms with Crippen molar-refractivity contribution in [1.82, 2.24) is 24.3 Å². The second-order valence-corrected chi connectivity index (χ2v) is 10.4. The van der Waals surface area contributed by atoms with E-state index in [1.54, 1.807) is 47.3 Å². The average molecular weight is 600 g/mol. The molecule has 1 aliphatic rings. The molecule has 2 aromatic carbocycles. The summed E-state index contributed by atoms with van der Waals surface area (Å²) in [6.45, 7) is 0.865. The Morgan fingerprint density at radius 1 is 1.07 bits per heavy atom. The number of nitrogens with zero attached hydrogens (tertiary/aromatic N) is 6. The van der Waals surface area contributed by atoms with Crippen molar-refractivity contribution in [3.63, 3.8) is 0 Å². The lowest BCUT2D eigenvalue weighted by molar-refractivity contribution is 0.0713. The van der Waals surface area contributed by atoms with E-state index in [0.29, 0.717) is 46.7 Å². The Labute approximate surface area is 250 Å². The Morgan fingerprint density at radius 3 is 2.60 bits per heavy atom. The molecule has 43 heavy (non-hydrogen) atoms. The molecule has 216 valence electrons. The van der Waals surface area contributed by atoms with E-state index in [9.17, 15) is 13.6 Å². The van der Waals surface area contributed by atoms with Gasteiger partial charge >= 0.3 is 0 Å². The van der Waals surface area contributed by atoms with Crippen LogP contribution in [0.25, 0.3) is 16.9 Å². The number of pyridine rings is 1. The summed E-state index contributed by atoms with van der Waals surface area (Å²) in [6, 6.07) is 13.4. The number of piperidine rings is 1. The molecule has 0 aliphatic carbocycles. The molecule has 0 bridgehead atoms. The minimum Gasteiger partial charge on any atom is -0.476 e. The fourth-order valence-corrected chi connectivity index (χ4v) is 5.54. The van der Waals surface area contributed by atoms with Crippen molar-refractivity contribution in [2.24, 2.45) is 0 Å². The maximum atomic E-state index is 14.9. The highest BCUT2D eigenvalue weighted by atomic mass is 35.5. The summed E-state index contributed by atoms with van der Waals surface area (Å²) in [6.07, 6.45) is 9.79. The van der Waals surface area contributed by atoms with Gasteiger partial charge in [-0.25, -0.2) is 14.4 Å². The number of benzene rings is 2. The van der Waals surface area contributed by atoms with Crippen molar-refractivity contribution in [3.8, 4) is 23.1 Å². The Bertz CT molecular complexity index is 1850. The molecule has 1 saturated heterocycles. The van der Waals surface area contributed by atoms with Crippen molar-refractivity contribution in [1.29, 1.82) is 5.26 Å². The minimum absolute atomic E-state index is 0.0397. The number of nitriles is 1. The number of fused-ring (bicyclic) bond motifs is 1. The number of amides is 1. The fourth-order valence-electron chi connectivity index (χ4n) is 5.28. The van der Waals surface area contributed by atoms with Crippen LogP contribution in [0.4, 0.5) is 20.3 Å². The van der Waals surface area contributed by atoms with Crippen LogP contribution in [0.2, 0.25) is 5.02 Å². The van der Waals surface area contributed by atoms with Gasteiger partial charge in [0, 0.05) is 49.1 Å². The number of nitrogens with one attached hydrogen (secondary N) is 1. The summed E-state index contributed by atoms with van der Waals surface area (Å²) in [5.74, 6) is -2.06. The van der Waals surface area contributed by atoms with Gasteiger partial charge in [0.05, 0.1) is 22.5 Å². The molecular weight excluding hydrogens is 576 g/mol. The molecule has 9 nitrogen and oxygen atoms in total. The normalized spacial score (nSPS) is 13.6. The third-order valence-electron chi connectivity index (χ3n) is 7.46. The predicted molar refractivity (Wildman–Crippen MR) is 156 cm³/mol. The zero-order chi connectivity index (χ0) is 29.9. The number of hydrogen-bond donors (Lipinski definition) is 1. The predicted octanol–water partition coefficient (Wildman–Crippen LogP) is 6.39. The Kier molecular flexibility index (Phi) is 7.85. The fraction of sp³-hybridized carbons (Fsp3) is 0.194. The number of rotatable bonds is 7. The molecule has 3 aromatic heterocycles. The first kappa shape index (κ1) is 28.1. The molecule has 1 amide bonds. The molecule has 0 spiro atoms. The quantitative estimate of drug-likeness (QED) is 0.231. The molecule has 1 N–H and O–H groups in total. The zero-order valence-electron chi connectivity index (χ0n) is 22.7. The first-order chi connectivity index (χ1) is 20.9. The van der Waals surface area contributed by atoms with E-state index in [4.69, 9.17) is 21.6 Å². The topological polar surface area (TPSA) is 108 Å². The van der Waals surface area contributed by atoms with Crippen LogP contribution in [0, 0.1) is 23.0 Å². The second-order valence-electron chi connectivity index (χ2n) is 9.97. The van der Waals surface area contributed by atoms with Crippen molar-refractivity contribution in [2.45, 2.75) is 18.8 Å². The van der Waals surface area contributed by atoms with Crippen molar-refractivity contribution in [2.75, 3.05) is 25.0 Å². The van der Waals surface area contributed by atoms with E-state index in [-0.39, 0.29) is 22.9 Å². The number of halogens is 3. The first-order valence-corrected chi connectivity index (χ1v) is 13.9. The lowest BCUT2D eigenvalue weighted by Crippen LogP contribution is -2.38. The highest BCUT2D eigenvalue weighted by molar-refractivity contribution is 6.34. The van der Waals surface area contributed by atoms with Crippen LogP contribution >= 0.6 is 11.6 Å². The van der Waals surface area contributed by atoms with Gasteiger partial charge in [0.25, 0.3) is 5.91 Å². The molecule has 1 aliphatic heterocycles. The molecule has 5 aromatic rings. The van der Waals surface area contributed by atoms with Gasteiger partial charge < -0.3 is 15.0 Å². The molecule has 4 heterocycles. The van der Waals surface area contributed by atoms with Gasteiger partial charge in [-0.15, -0.1) is 0 Å². The lowest BCUT2D eigenvalue weighted by atomic mass is 9.90. The van der Waals surface area contributed by atoms with Crippen LogP contribution in [0.15, 0.2) is 73.4 Å². The Morgan fingerprint density at radius 2 is 1.86 bits per heavy atom. The van der Waals surface area contributed by atoms with Crippen LogP contribution in [0.5, 0.6) is 5.75 Å². The molecule has 1 fully saturated rings. The van der Waals surface area contributed by atoms with E-state index < -0.39 is 18.2 Å². The maximum absolute atomic E-state index is 14.9. The highest BCUT2D eigenvalue weighted by Crippen LogP contribution is 2.33. The second kappa shape index (κ2) is 12.0. The van der Waals surface area contributed by atoms with Crippen LogP contribution in [0.3, 0.4) is 0 Å². The standard InChI is InChI=1S/C31H24ClF2N7O2/c32-24-17-21(1-2-22(24)31(42)40-13-7-20(8-14-40)19-5-10-36-11-6-19)39-29-30-38-18-25(41(30)15-12-37-29)23-3-4-26(43-16-9-35)28(34)27(23)33/h1-6,10-12,15,17-18,20H,7-8,13-14,16H2,(H,37,39). The molecule has 0 radical (unpaired) electrons. The van der Waals surface area contributed by atoms with Crippen LogP contribution in [-0.2, 0) is 0 Å². The lowest BCUT2D eigenvalue weighted by Gasteiger charge is -2.32. The monoisotopic (exact) mass is 599 g/mol. The van der Waals surface area contributed by atoms with E-state index in [2.05, 4.69) is 20.3 Å². The van der Waals surface area contributed by atoms with Crippen molar-refractivity contribution < 1.29 is 18.3 Å². The Hall–Kier alpha value is -5.08.